The van der Waals surface area contributed by atoms with Gasteiger partial charge in [0, 0.05) is 10.7 Å². The van der Waals surface area contributed by atoms with Gasteiger partial charge < -0.3 is 10.4 Å². The summed E-state index contributed by atoms with van der Waals surface area (Å²) >= 11 is 1.77. The van der Waals surface area contributed by atoms with E-state index in [0.717, 1.165) is 0 Å². The number of hydrogen-bond acceptors (Lipinski definition) is 3. The van der Waals surface area contributed by atoms with Crippen molar-refractivity contribution in [1.29, 1.82) is 0 Å². The number of aliphatic hydroxyl groups is 1. The molecule has 2 aromatic rings. The van der Waals surface area contributed by atoms with E-state index in [1.165, 1.54) is 54.2 Å². The van der Waals surface area contributed by atoms with E-state index in [0.29, 0.717) is 6.04 Å². The van der Waals surface area contributed by atoms with Crippen LogP contribution in [0.1, 0.15) is 50.1 Å². The lowest BCUT2D eigenvalue weighted by molar-refractivity contribution is 0.229. The third kappa shape index (κ3) is 3.05. The molecule has 1 aliphatic carbocycles. The molecule has 0 spiro atoms. The Morgan fingerprint density at radius 3 is 2.65 bits per heavy atom. The minimum atomic E-state index is 0.0780. The lowest BCUT2D eigenvalue weighted by Gasteiger charge is -2.23. The molecule has 2 N–H and O–H groups in total. The lowest BCUT2D eigenvalue weighted by atomic mass is 10.0. The van der Waals surface area contributed by atoms with Crippen LogP contribution in [-0.4, -0.2) is 17.8 Å². The highest BCUT2D eigenvalue weighted by Crippen LogP contribution is 2.31. The van der Waals surface area contributed by atoms with Gasteiger partial charge in [0.1, 0.15) is 0 Å². The highest BCUT2D eigenvalue weighted by Gasteiger charge is 2.20. The van der Waals surface area contributed by atoms with Crippen LogP contribution in [0.2, 0.25) is 0 Å². The smallest absolute Gasteiger partial charge is 0.0627 e. The summed E-state index contributed by atoms with van der Waals surface area (Å²) in [6, 6.07) is 9.12. The molecular formula is C17H23NOS. The summed E-state index contributed by atoms with van der Waals surface area (Å²) in [6.45, 7) is 0.178. The van der Waals surface area contributed by atoms with Crippen molar-refractivity contribution in [2.75, 3.05) is 6.61 Å². The van der Waals surface area contributed by atoms with E-state index in [4.69, 9.17) is 0 Å². The minimum absolute atomic E-state index is 0.0780. The van der Waals surface area contributed by atoms with Gasteiger partial charge in [-0.25, -0.2) is 0 Å². The summed E-state index contributed by atoms with van der Waals surface area (Å²) in [7, 11) is 0. The number of nitrogens with one attached hydrogen (secondary N) is 1. The Kier molecular flexibility index (Phi) is 4.71. The molecule has 108 valence electrons. The normalized spacial score (nSPS) is 19.1. The first kappa shape index (κ1) is 14.1. The maximum atomic E-state index is 9.80. The zero-order valence-corrected chi connectivity index (χ0v) is 12.7. The second kappa shape index (κ2) is 6.70. The maximum absolute atomic E-state index is 9.80. The van der Waals surface area contributed by atoms with E-state index < -0.39 is 0 Å². The van der Waals surface area contributed by atoms with Gasteiger partial charge >= 0.3 is 0 Å². The fraction of sp³-hybridized carbons (Fsp3) is 0.529. The van der Waals surface area contributed by atoms with Crippen LogP contribution in [0, 0.1) is 0 Å². The average molecular weight is 289 g/mol. The monoisotopic (exact) mass is 289 g/mol. The third-order valence-electron chi connectivity index (χ3n) is 4.36. The highest BCUT2D eigenvalue weighted by molar-refractivity contribution is 7.17. The van der Waals surface area contributed by atoms with Gasteiger partial charge in [0.25, 0.3) is 0 Å². The standard InChI is InChI=1S/C17H23NOS/c19-11-16(18-13-7-3-1-2-4-8-13)15-12-20-17-10-6-5-9-14(15)17/h5-6,9-10,12-13,16,18-19H,1-4,7-8,11H2. The van der Waals surface area contributed by atoms with Crippen molar-refractivity contribution >= 4 is 21.4 Å². The van der Waals surface area contributed by atoms with E-state index in [2.05, 4.69) is 35.0 Å². The molecule has 1 aliphatic rings. The number of rotatable bonds is 4. The van der Waals surface area contributed by atoms with Crippen molar-refractivity contribution < 1.29 is 5.11 Å². The molecule has 0 radical (unpaired) electrons. The van der Waals surface area contributed by atoms with Gasteiger partial charge in [-0.15, -0.1) is 11.3 Å². The number of thiophene rings is 1. The zero-order valence-electron chi connectivity index (χ0n) is 11.8. The number of aliphatic hydroxyl groups excluding tert-OH is 1. The van der Waals surface area contributed by atoms with Crippen molar-refractivity contribution in [3.8, 4) is 0 Å². The molecule has 0 bridgehead atoms. The average Bonchev–Trinajstić information content (AvgIpc) is 2.74. The van der Waals surface area contributed by atoms with Crippen LogP contribution in [0.4, 0.5) is 0 Å². The molecule has 1 fully saturated rings. The molecular weight excluding hydrogens is 266 g/mol. The van der Waals surface area contributed by atoms with Crippen LogP contribution in [-0.2, 0) is 0 Å². The summed E-state index contributed by atoms with van der Waals surface area (Å²) in [5.41, 5.74) is 1.26. The topological polar surface area (TPSA) is 32.3 Å². The molecule has 1 atom stereocenters. The Bertz CT molecular complexity index is 543. The number of fused-ring (bicyclic) bond motifs is 1. The molecule has 1 aromatic carbocycles. The van der Waals surface area contributed by atoms with Crippen molar-refractivity contribution in [1.82, 2.24) is 5.32 Å². The predicted molar refractivity (Wildman–Crippen MR) is 86.3 cm³/mol. The van der Waals surface area contributed by atoms with Crippen LogP contribution < -0.4 is 5.32 Å². The van der Waals surface area contributed by atoms with Crippen LogP contribution in [0.15, 0.2) is 29.6 Å². The van der Waals surface area contributed by atoms with E-state index in [1.54, 1.807) is 11.3 Å². The van der Waals surface area contributed by atoms with E-state index >= 15 is 0 Å². The largest absolute Gasteiger partial charge is 0.394 e. The Morgan fingerprint density at radius 2 is 1.90 bits per heavy atom. The Morgan fingerprint density at radius 1 is 1.15 bits per heavy atom. The Labute approximate surface area is 124 Å². The summed E-state index contributed by atoms with van der Waals surface area (Å²) in [5, 5.41) is 17.0. The van der Waals surface area contributed by atoms with Crippen molar-refractivity contribution in [2.45, 2.75) is 50.6 Å². The number of benzene rings is 1. The molecule has 2 nitrogen and oxygen atoms in total. The maximum Gasteiger partial charge on any atom is 0.0627 e. The Hall–Kier alpha value is -0.900. The van der Waals surface area contributed by atoms with Gasteiger partial charge in [-0.2, -0.15) is 0 Å². The fourth-order valence-electron chi connectivity index (χ4n) is 3.24. The zero-order chi connectivity index (χ0) is 13.8. The molecule has 1 saturated carbocycles. The molecule has 0 aliphatic heterocycles. The SMILES string of the molecule is OCC(NC1CCCCCC1)c1csc2ccccc12. The van der Waals surface area contributed by atoms with Crippen LogP contribution >= 0.6 is 11.3 Å². The van der Waals surface area contributed by atoms with Crippen LogP contribution in [0.5, 0.6) is 0 Å². The van der Waals surface area contributed by atoms with Gasteiger partial charge in [-0.05, 0) is 35.2 Å². The molecule has 3 rings (SSSR count). The molecule has 1 heterocycles. The quantitative estimate of drug-likeness (QED) is 0.825. The molecule has 0 amide bonds. The summed E-state index contributed by atoms with van der Waals surface area (Å²) in [5.74, 6) is 0. The number of hydrogen-bond donors (Lipinski definition) is 2. The summed E-state index contributed by atoms with van der Waals surface area (Å²) in [6.07, 6.45) is 7.87. The molecule has 1 aromatic heterocycles. The first-order chi connectivity index (χ1) is 9.88. The highest BCUT2D eigenvalue weighted by atomic mass is 32.1. The first-order valence-electron chi connectivity index (χ1n) is 7.71. The van der Waals surface area contributed by atoms with Gasteiger partial charge in [0.05, 0.1) is 12.6 Å². The van der Waals surface area contributed by atoms with Gasteiger partial charge in [-0.3, -0.25) is 0 Å². The lowest BCUT2D eigenvalue weighted by Crippen LogP contribution is -2.34. The van der Waals surface area contributed by atoms with E-state index in [1.807, 2.05) is 0 Å². The van der Waals surface area contributed by atoms with Crippen molar-refractivity contribution in [3.05, 3.63) is 35.2 Å². The molecule has 3 heteroatoms. The Balaban J connectivity index is 1.78. The third-order valence-corrected chi connectivity index (χ3v) is 5.34. The summed E-state index contributed by atoms with van der Waals surface area (Å²) in [4.78, 5) is 0. The fourth-order valence-corrected chi connectivity index (χ4v) is 4.25. The van der Waals surface area contributed by atoms with Crippen molar-refractivity contribution in [3.63, 3.8) is 0 Å². The van der Waals surface area contributed by atoms with Crippen LogP contribution in [0.3, 0.4) is 0 Å². The van der Waals surface area contributed by atoms with Gasteiger partial charge in [0.2, 0.25) is 0 Å². The molecule has 1 unspecified atom stereocenters. The van der Waals surface area contributed by atoms with E-state index in [9.17, 15) is 5.11 Å². The molecule has 20 heavy (non-hydrogen) atoms. The van der Waals surface area contributed by atoms with E-state index in [-0.39, 0.29) is 12.6 Å². The minimum Gasteiger partial charge on any atom is -0.394 e. The van der Waals surface area contributed by atoms with Crippen molar-refractivity contribution in [2.24, 2.45) is 0 Å². The van der Waals surface area contributed by atoms with Gasteiger partial charge in [0.15, 0.2) is 0 Å². The molecule has 0 saturated heterocycles. The van der Waals surface area contributed by atoms with Gasteiger partial charge in [-0.1, -0.05) is 43.9 Å². The van der Waals surface area contributed by atoms with Crippen LogP contribution in [0.25, 0.3) is 10.1 Å². The second-order valence-corrected chi connectivity index (χ2v) is 6.69. The predicted octanol–water partition coefficient (Wildman–Crippen LogP) is 4.25. The first-order valence-corrected chi connectivity index (χ1v) is 8.59. The second-order valence-electron chi connectivity index (χ2n) is 5.78. The summed E-state index contributed by atoms with van der Waals surface area (Å²) < 4.78 is 1.31.